The van der Waals surface area contributed by atoms with Crippen molar-refractivity contribution in [3.05, 3.63) is 0 Å². The van der Waals surface area contributed by atoms with Crippen LogP contribution < -0.4 is 5.73 Å². The molecule has 0 aromatic carbocycles. The Bertz CT molecular complexity index is 147. The molecular formula is C11H21N. The van der Waals surface area contributed by atoms with Crippen molar-refractivity contribution in [2.75, 3.05) is 0 Å². The molecule has 2 bridgehead atoms. The molecule has 0 spiro atoms. The minimum absolute atomic E-state index is 0.498. The smallest absolute Gasteiger partial charge is 0.00672 e. The third-order valence-corrected chi connectivity index (χ3v) is 4.12. The fourth-order valence-corrected chi connectivity index (χ4v) is 3.26. The predicted octanol–water partition coefficient (Wildman–Crippen LogP) is 2.55. The Morgan fingerprint density at radius 1 is 1.25 bits per heavy atom. The van der Waals surface area contributed by atoms with E-state index in [9.17, 15) is 0 Å². The van der Waals surface area contributed by atoms with Gasteiger partial charge in [-0.2, -0.15) is 0 Å². The van der Waals surface area contributed by atoms with E-state index in [0.717, 1.165) is 17.8 Å². The number of hydrogen-bond donors (Lipinski definition) is 1. The second-order valence-electron chi connectivity index (χ2n) is 4.75. The second kappa shape index (κ2) is 3.37. The van der Waals surface area contributed by atoms with Crippen LogP contribution in [0.1, 0.15) is 45.4 Å². The van der Waals surface area contributed by atoms with Gasteiger partial charge in [-0.3, -0.25) is 0 Å². The largest absolute Gasteiger partial charge is 0.327 e. The Hall–Kier alpha value is -0.0400. The Labute approximate surface area is 75.7 Å². The molecule has 1 nitrogen and oxygen atoms in total. The first-order valence-corrected chi connectivity index (χ1v) is 5.56. The molecule has 2 N–H and O–H groups in total. The van der Waals surface area contributed by atoms with Crippen molar-refractivity contribution in [1.82, 2.24) is 0 Å². The lowest BCUT2D eigenvalue weighted by atomic mass is 9.62. The lowest BCUT2D eigenvalue weighted by molar-refractivity contribution is 0.0799. The van der Waals surface area contributed by atoms with Crippen LogP contribution in [-0.2, 0) is 0 Å². The second-order valence-corrected chi connectivity index (χ2v) is 4.75. The van der Waals surface area contributed by atoms with Gasteiger partial charge in [0.1, 0.15) is 0 Å². The third-order valence-electron chi connectivity index (χ3n) is 4.12. The molecule has 3 saturated carbocycles. The fraction of sp³-hybridized carbons (Fsp3) is 1.00. The highest BCUT2D eigenvalue weighted by molar-refractivity contribution is 4.90. The van der Waals surface area contributed by atoms with Crippen molar-refractivity contribution in [3.63, 3.8) is 0 Å². The molecule has 0 saturated heterocycles. The van der Waals surface area contributed by atoms with Gasteiger partial charge in [0.05, 0.1) is 0 Å². The number of nitrogens with two attached hydrogens (primary N) is 1. The van der Waals surface area contributed by atoms with Crippen LogP contribution in [0.15, 0.2) is 0 Å². The van der Waals surface area contributed by atoms with Crippen LogP contribution in [0.25, 0.3) is 0 Å². The molecule has 3 rings (SSSR count). The molecule has 3 fully saturated rings. The van der Waals surface area contributed by atoms with E-state index < -0.39 is 0 Å². The van der Waals surface area contributed by atoms with E-state index in [-0.39, 0.29) is 0 Å². The van der Waals surface area contributed by atoms with Crippen LogP contribution in [0, 0.1) is 17.8 Å². The standard InChI is InChI=1S/C11H21N/c1-2-11(12)10-7-8-3-5-9(10)6-4-8/h8-11H,2-7,12H2,1H3. The van der Waals surface area contributed by atoms with Gasteiger partial charge in [-0.15, -0.1) is 0 Å². The predicted molar refractivity (Wildman–Crippen MR) is 51.8 cm³/mol. The fourth-order valence-electron chi connectivity index (χ4n) is 3.26. The zero-order valence-electron chi connectivity index (χ0n) is 8.13. The van der Waals surface area contributed by atoms with Crippen molar-refractivity contribution in [2.24, 2.45) is 23.5 Å². The quantitative estimate of drug-likeness (QED) is 0.672. The number of rotatable bonds is 2. The molecule has 70 valence electrons. The van der Waals surface area contributed by atoms with Crippen LogP contribution >= 0.6 is 0 Å². The van der Waals surface area contributed by atoms with Crippen molar-refractivity contribution < 1.29 is 0 Å². The Balaban J connectivity index is 1.99. The molecule has 2 unspecified atom stereocenters. The summed E-state index contributed by atoms with van der Waals surface area (Å²) in [6.45, 7) is 2.23. The highest BCUT2D eigenvalue weighted by Gasteiger charge is 2.37. The molecule has 3 aliphatic rings. The lowest BCUT2D eigenvalue weighted by Gasteiger charge is -2.44. The van der Waals surface area contributed by atoms with E-state index in [0.29, 0.717) is 6.04 Å². The first-order chi connectivity index (χ1) is 5.81. The summed E-state index contributed by atoms with van der Waals surface area (Å²) in [4.78, 5) is 0. The summed E-state index contributed by atoms with van der Waals surface area (Å²) in [7, 11) is 0. The van der Waals surface area contributed by atoms with Crippen molar-refractivity contribution >= 4 is 0 Å². The van der Waals surface area contributed by atoms with Gasteiger partial charge in [0.25, 0.3) is 0 Å². The first-order valence-electron chi connectivity index (χ1n) is 5.56. The number of hydrogen-bond acceptors (Lipinski definition) is 1. The van der Waals surface area contributed by atoms with E-state index in [1.54, 1.807) is 0 Å². The zero-order valence-corrected chi connectivity index (χ0v) is 8.13. The van der Waals surface area contributed by atoms with Gasteiger partial charge < -0.3 is 5.73 Å². The maximum Gasteiger partial charge on any atom is 0.00672 e. The minimum Gasteiger partial charge on any atom is -0.327 e. The summed E-state index contributed by atoms with van der Waals surface area (Å²) in [5.74, 6) is 2.91. The summed E-state index contributed by atoms with van der Waals surface area (Å²) in [6.07, 6.45) is 8.56. The lowest BCUT2D eigenvalue weighted by Crippen LogP contribution is -2.42. The van der Waals surface area contributed by atoms with Crippen LogP contribution in [0.4, 0.5) is 0 Å². The van der Waals surface area contributed by atoms with Gasteiger partial charge in [0, 0.05) is 6.04 Å². The molecule has 1 heteroatoms. The molecule has 0 aromatic rings. The monoisotopic (exact) mass is 167 g/mol. The van der Waals surface area contributed by atoms with E-state index in [2.05, 4.69) is 6.92 Å². The van der Waals surface area contributed by atoms with Gasteiger partial charge in [-0.25, -0.2) is 0 Å². The maximum atomic E-state index is 6.13. The average molecular weight is 167 g/mol. The van der Waals surface area contributed by atoms with Gasteiger partial charge in [0.15, 0.2) is 0 Å². The molecule has 0 aliphatic heterocycles. The number of fused-ring (bicyclic) bond motifs is 3. The molecule has 0 heterocycles. The van der Waals surface area contributed by atoms with E-state index in [1.807, 2.05) is 0 Å². The highest BCUT2D eigenvalue weighted by atomic mass is 14.7. The van der Waals surface area contributed by atoms with Gasteiger partial charge in [-0.05, 0) is 43.4 Å². The normalized spacial score (nSPS) is 43.0. The first kappa shape index (κ1) is 8.55. The Morgan fingerprint density at radius 3 is 2.33 bits per heavy atom. The van der Waals surface area contributed by atoms with Crippen molar-refractivity contribution in [1.29, 1.82) is 0 Å². The molecule has 2 atom stereocenters. The third kappa shape index (κ3) is 1.39. The molecular weight excluding hydrogens is 146 g/mol. The summed E-state index contributed by atoms with van der Waals surface area (Å²) in [5.41, 5.74) is 6.13. The molecule has 3 aliphatic carbocycles. The highest BCUT2D eigenvalue weighted by Crippen LogP contribution is 2.46. The van der Waals surface area contributed by atoms with Gasteiger partial charge >= 0.3 is 0 Å². The van der Waals surface area contributed by atoms with Crippen molar-refractivity contribution in [2.45, 2.75) is 51.5 Å². The Kier molecular flexibility index (Phi) is 2.40. The molecule has 0 amide bonds. The van der Waals surface area contributed by atoms with Crippen LogP contribution in [0.3, 0.4) is 0 Å². The summed E-state index contributed by atoms with van der Waals surface area (Å²) in [6, 6.07) is 0.498. The average Bonchev–Trinajstić information content (AvgIpc) is 2.18. The van der Waals surface area contributed by atoms with E-state index in [4.69, 9.17) is 5.73 Å². The summed E-state index contributed by atoms with van der Waals surface area (Å²) < 4.78 is 0. The van der Waals surface area contributed by atoms with Crippen molar-refractivity contribution in [3.8, 4) is 0 Å². The summed E-state index contributed by atoms with van der Waals surface area (Å²) >= 11 is 0. The van der Waals surface area contributed by atoms with Gasteiger partial charge in [0.2, 0.25) is 0 Å². The van der Waals surface area contributed by atoms with Crippen LogP contribution in [0.2, 0.25) is 0 Å². The van der Waals surface area contributed by atoms with E-state index >= 15 is 0 Å². The SMILES string of the molecule is CCC(N)C1CC2CCC1CC2. The molecule has 0 radical (unpaired) electrons. The Morgan fingerprint density at radius 2 is 1.92 bits per heavy atom. The van der Waals surface area contributed by atoms with Crippen LogP contribution in [0.5, 0.6) is 0 Å². The topological polar surface area (TPSA) is 26.0 Å². The van der Waals surface area contributed by atoms with E-state index in [1.165, 1.54) is 38.5 Å². The molecule has 0 aromatic heterocycles. The maximum absolute atomic E-state index is 6.13. The molecule has 12 heavy (non-hydrogen) atoms. The summed E-state index contributed by atoms with van der Waals surface area (Å²) in [5, 5.41) is 0. The zero-order chi connectivity index (χ0) is 8.55. The van der Waals surface area contributed by atoms with Crippen LogP contribution in [-0.4, -0.2) is 6.04 Å². The van der Waals surface area contributed by atoms with Gasteiger partial charge in [-0.1, -0.05) is 19.8 Å². The minimum atomic E-state index is 0.498.